The fourth-order valence-electron chi connectivity index (χ4n) is 2.73. The predicted octanol–water partition coefficient (Wildman–Crippen LogP) is 2.67. The second kappa shape index (κ2) is 6.87. The van der Waals surface area contributed by atoms with E-state index < -0.39 is 0 Å². The van der Waals surface area contributed by atoms with Gasteiger partial charge >= 0.3 is 0 Å². The van der Waals surface area contributed by atoms with Crippen molar-refractivity contribution >= 4 is 5.91 Å². The minimum Gasteiger partial charge on any atom is -0.376 e. The molecule has 1 fully saturated rings. The number of benzene rings is 1. The highest BCUT2D eigenvalue weighted by molar-refractivity contribution is 5.95. The average Bonchev–Trinajstić information content (AvgIpc) is 3.09. The fourth-order valence-corrected chi connectivity index (χ4v) is 2.73. The molecule has 0 spiro atoms. The van der Waals surface area contributed by atoms with Crippen LogP contribution in [0.15, 0.2) is 30.5 Å². The number of aromatic nitrogens is 2. The second-order valence-electron chi connectivity index (χ2n) is 5.93. The van der Waals surface area contributed by atoms with E-state index in [1.54, 1.807) is 6.20 Å². The molecule has 5 nitrogen and oxygen atoms in total. The maximum atomic E-state index is 12.3. The summed E-state index contributed by atoms with van der Waals surface area (Å²) in [5, 5.41) is 11.2. The monoisotopic (exact) mass is 311 g/mol. The Morgan fingerprint density at radius 3 is 3.04 bits per heavy atom. The van der Waals surface area contributed by atoms with Gasteiger partial charge in [-0.25, -0.2) is 0 Å². The van der Waals surface area contributed by atoms with Crippen molar-refractivity contribution in [3.63, 3.8) is 0 Å². The Labute approximate surface area is 136 Å². The highest BCUT2D eigenvalue weighted by Crippen LogP contribution is 2.23. The Hall–Kier alpha value is -2.27. The van der Waals surface area contributed by atoms with Gasteiger partial charge < -0.3 is 10.1 Å². The molecule has 1 unspecified atom stereocenters. The largest absolute Gasteiger partial charge is 0.376 e. The Morgan fingerprint density at radius 2 is 2.26 bits per heavy atom. The summed E-state index contributed by atoms with van der Waals surface area (Å²) in [5.41, 5.74) is 4.52. The summed E-state index contributed by atoms with van der Waals surface area (Å²) in [4.78, 5) is 12.3. The zero-order valence-electron chi connectivity index (χ0n) is 13.5. The summed E-state index contributed by atoms with van der Waals surface area (Å²) in [6.07, 6.45) is 3.98. The standard InChI is InChI=1S/C18H21N3O2/c1-12-10-20-21-17(13(12)2)14-5-3-6-15(9-14)18(22)19-11-16-7-4-8-23-16/h3,5-6,9-10,16H,4,7-8,11H2,1-2H3,(H,19,22). The van der Waals surface area contributed by atoms with Crippen LogP contribution in [0.25, 0.3) is 11.3 Å². The molecule has 1 N–H and O–H groups in total. The molecule has 0 radical (unpaired) electrons. The van der Waals surface area contributed by atoms with E-state index >= 15 is 0 Å². The molecule has 0 aliphatic carbocycles. The molecule has 2 heterocycles. The van der Waals surface area contributed by atoms with Crippen LogP contribution < -0.4 is 5.32 Å². The third-order valence-electron chi connectivity index (χ3n) is 4.27. The first-order chi connectivity index (χ1) is 11.1. The lowest BCUT2D eigenvalue weighted by atomic mass is 10.0. The summed E-state index contributed by atoms with van der Waals surface area (Å²) in [5.74, 6) is -0.0828. The maximum Gasteiger partial charge on any atom is 0.251 e. The van der Waals surface area contributed by atoms with Crippen LogP contribution in [0.2, 0.25) is 0 Å². The van der Waals surface area contributed by atoms with Gasteiger partial charge in [-0.05, 0) is 49.9 Å². The topological polar surface area (TPSA) is 64.1 Å². The molecule has 2 aromatic rings. The summed E-state index contributed by atoms with van der Waals surface area (Å²) in [6.45, 7) is 5.38. The Balaban J connectivity index is 1.76. The lowest BCUT2D eigenvalue weighted by Gasteiger charge is -2.12. The zero-order valence-corrected chi connectivity index (χ0v) is 13.5. The van der Waals surface area contributed by atoms with Gasteiger partial charge in [-0.3, -0.25) is 4.79 Å². The van der Waals surface area contributed by atoms with Crippen molar-refractivity contribution in [1.82, 2.24) is 15.5 Å². The van der Waals surface area contributed by atoms with Gasteiger partial charge in [-0.2, -0.15) is 10.2 Å². The van der Waals surface area contributed by atoms with E-state index in [1.165, 1.54) is 0 Å². The lowest BCUT2D eigenvalue weighted by molar-refractivity contribution is 0.0858. The molecule has 120 valence electrons. The van der Waals surface area contributed by atoms with Gasteiger partial charge in [0.15, 0.2) is 0 Å². The second-order valence-corrected chi connectivity index (χ2v) is 5.93. The molecule has 1 saturated heterocycles. The van der Waals surface area contributed by atoms with Gasteiger partial charge in [0.2, 0.25) is 0 Å². The number of carbonyl (C=O) groups excluding carboxylic acids is 1. The van der Waals surface area contributed by atoms with E-state index in [-0.39, 0.29) is 12.0 Å². The molecule has 5 heteroatoms. The van der Waals surface area contributed by atoms with Gasteiger partial charge in [0.1, 0.15) is 0 Å². The number of rotatable bonds is 4. The normalized spacial score (nSPS) is 17.2. The zero-order chi connectivity index (χ0) is 16.2. The van der Waals surface area contributed by atoms with Crippen molar-refractivity contribution in [3.8, 4) is 11.3 Å². The van der Waals surface area contributed by atoms with Crippen LogP contribution in [-0.2, 0) is 4.74 Å². The fraction of sp³-hybridized carbons (Fsp3) is 0.389. The molecule has 1 aromatic carbocycles. The smallest absolute Gasteiger partial charge is 0.251 e. The maximum absolute atomic E-state index is 12.3. The molecule has 1 atom stereocenters. The minimum atomic E-state index is -0.0828. The highest BCUT2D eigenvalue weighted by Gasteiger charge is 2.17. The molecule has 3 rings (SSSR count). The first-order valence-electron chi connectivity index (χ1n) is 7.94. The van der Waals surface area contributed by atoms with Crippen molar-refractivity contribution in [2.24, 2.45) is 0 Å². The van der Waals surface area contributed by atoms with Gasteiger partial charge in [0, 0.05) is 24.3 Å². The molecule has 1 aliphatic heterocycles. The van der Waals surface area contributed by atoms with Crippen molar-refractivity contribution in [2.45, 2.75) is 32.8 Å². The Morgan fingerprint density at radius 1 is 1.39 bits per heavy atom. The number of aryl methyl sites for hydroxylation is 1. The third kappa shape index (κ3) is 3.56. The number of carbonyl (C=O) groups is 1. The average molecular weight is 311 g/mol. The molecule has 0 saturated carbocycles. The van der Waals surface area contributed by atoms with Gasteiger partial charge in [0.05, 0.1) is 18.0 Å². The van der Waals surface area contributed by atoms with Gasteiger partial charge in [-0.1, -0.05) is 12.1 Å². The summed E-state index contributed by atoms with van der Waals surface area (Å²) in [7, 11) is 0. The van der Waals surface area contributed by atoms with Crippen molar-refractivity contribution < 1.29 is 9.53 Å². The number of nitrogens with one attached hydrogen (secondary N) is 1. The van der Waals surface area contributed by atoms with Crippen LogP contribution in [0.1, 0.15) is 34.3 Å². The van der Waals surface area contributed by atoms with E-state index in [9.17, 15) is 4.79 Å². The van der Waals surface area contributed by atoms with Crippen molar-refractivity contribution in [1.29, 1.82) is 0 Å². The van der Waals surface area contributed by atoms with Crippen LogP contribution in [-0.4, -0.2) is 35.4 Å². The van der Waals surface area contributed by atoms with E-state index in [1.807, 2.05) is 38.1 Å². The first kappa shape index (κ1) is 15.6. The van der Waals surface area contributed by atoms with E-state index in [4.69, 9.17) is 4.74 Å². The molecule has 1 amide bonds. The SMILES string of the molecule is Cc1cnnc(-c2cccc(C(=O)NCC3CCCO3)c2)c1C. The Bertz CT molecular complexity index is 709. The molecular weight excluding hydrogens is 290 g/mol. The highest BCUT2D eigenvalue weighted by atomic mass is 16.5. The van der Waals surface area contributed by atoms with Crippen molar-refractivity contribution in [2.75, 3.05) is 13.2 Å². The molecular formula is C18H21N3O2. The van der Waals surface area contributed by atoms with Crippen LogP contribution in [0.4, 0.5) is 0 Å². The van der Waals surface area contributed by atoms with Crippen molar-refractivity contribution in [3.05, 3.63) is 47.2 Å². The number of hydrogen-bond acceptors (Lipinski definition) is 4. The third-order valence-corrected chi connectivity index (χ3v) is 4.27. The van der Waals surface area contributed by atoms with Gasteiger partial charge in [0.25, 0.3) is 5.91 Å². The quantitative estimate of drug-likeness (QED) is 0.943. The predicted molar refractivity (Wildman–Crippen MR) is 88.2 cm³/mol. The number of hydrogen-bond donors (Lipinski definition) is 1. The lowest BCUT2D eigenvalue weighted by Crippen LogP contribution is -2.31. The van der Waals surface area contributed by atoms with Crippen LogP contribution in [0, 0.1) is 13.8 Å². The first-order valence-corrected chi connectivity index (χ1v) is 7.94. The summed E-state index contributed by atoms with van der Waals surface area (Å²) < 4.78 is 5.53. The molecule has 1 aliphatic rings. The molecule has 0 bridgehead atoms. The van der Waals surface area contributed by atoms with E-state index in [0.717, 1.165) is 41.8 Å². The number of amides is 1. The van der Waals surface area contributed by atoms with Crippen LogP contribution in [0.5, 0.6) is 0 Å². The minimum absolute atomic E-state index is 0.0828. The van der Waals surface area contributed by atoms with E-state index in [0.29, 0.717) is 12.1 Å². The number of nitrogens with zero attached hydrogens (tertiary/aromatic N) is 2. The number of ether oxygens (including phenoxy) is 1. The van der Waals surface area contributed by atoms with Crippen LogP contribution in [0.3, 0.4) is 0 Å². The van der Waals surface area contributed by atoms with Crippen LogP contribution >= 0.6 is 0 Å². The van der Waals surface area contributed by atoms with E-state index in [2.05, 4.69) is 15.5 Å². The summed E-state index contributed by atoms with van der Waals surface area (Å²) in [6, 6.07) is 7.50. The summed E-state index contributed by atoms with van der Waals surface area (Å²) >= 11 is 0. The molecule has 1 aromatic heterocycles. The van der Waals surface area contributed by atoms with Gasteiger partial charge in [-0.15, -0.1) is 0 Å². The molecule has 23 heavy (non-hydrogen) atoms. The Kier molecular flexibility index (Phi) is 4.67.